The molecule has 1 aromatic carbocycles. The molecule has 1 aliphatic heterocycles. The zero-order valence-electron chi connectivity index (χ0n) is 14.3. The Morgan fingerprint density at radius 3 is 2.62 bits per heavy atom. The molecule has 0 spiro atoms. The summed E-state index contributed by atoms with van der Waals surface area (Å²) in [5.74, 6) is -0.605. The van der Waals surface area contributed by atoms with Gasteiger partial charge in [-0.1, -0.05) is 24.3 Å². The van der Waals surface area contributed by atoms with Gasteiger partial charge in [-0.25, -0.2) is 8.42 Å². The van der Waals surface area contributed by atoms with E-state index in [2.05, 4.69) is 6.07 Å². The summed E-state index contributed by atoms with van der Waals surface area (Å²) in [6.07, 6.45) is 0.361. The van der Waals surface area contributed by atoms with Crippen LogP contribution < -0.4 is 0 Å². The Morgan fingerprint density at radius 2 is 2.04 bits per heavy atom. The molecule has 0 saturated heterocycles. The van der Waals surface area contributed by atoms with Crippen molar-refractivity contribution in [3.8, 4) is 6.07 Å². The van der Waals surface area contributed by atoms with Crippen LogP contribution in [0.2, 0.25) is 0 Å². The van der Waals surface area contributed by atoms with Crippen LogP contribution in [0.5, 0.6) is 0 Å². The second-order valence-electron chi connectivity index (χ2n) is 6.18. The molecule has 0 saturated carbocycles. The van der Waals surface area contributed by atoms with Gasteiger partial charge in [0.25, 0.3) is 0 Å². The van der Waals surface area contributed by atoms with Gasteiger partial charge in [0, 0.05) is 20.1 Å². The van der Waals surface area contributed by atoms with E-state index in [-0.39, 0.29) is 30.7 Å². The lowest BCUT2D eigenvalue weighted by atomic mass is 9.95. The summed E-state index contributed by atoms with van der Waals surface area (Å²) in [4.78, 5) is 14.3. The lowest BCUT2D eigenvalue weighted by Crippen LogP contribution is -2.53. The van der Waals surface area contributed by atoms with Crippen LogP contribution in [0.15, 0.2) is 24.3 Å². The van der Waals surface area contributed by atoms with Crippen molar-refractivity contribution in [2.45, 2.75) is 32.9 Å². The predicted octanol–water partition coefficient (Wildman–Crippen LogP) is 1.38. The van der Waals surface area contributed by atoms with E-state index in [0.29, 0.717) is 6.42 Å². The Hall–Kier alpha value is -1.91. The molecule has 6 nitrogen and oxygen atoms in total. The van der Waals surface area contributed by atoms with E-state index in [0.717, 1.165) is 11.1 Å². The van der Waals surface area contributed by atoms with E-state index in [4.69, 9.17) is 5.26 Å². The van der Waals surface area contributed by atoms with Crippen LogP contribution in [0.3, 0.4) is 0 Å². The number of likely N-dealkylation sites (N-methyl/N-ethyl adjacent to an activating group) is 1. The highest BCUT2D eigenvalue weighted by atomic mass is 32.2. The molecule has 0 radical (unpaired) electrons. The summed E-state index contributed by atoms with van der Waals surface area (Å²) < 4.78 is 26.3. The third-order valence-corrected chi connectivity index (χ3v) is 6.18. The molecule has 1 aliphatic rings. The van der Waals surface area contributed by atoms with Gasteiger partial charge in [0.1, 0.15) is 6.04 Å². The minimum Gasteiger partial charge on any atom is -0.343 e. The van der Waals surface area contributed by atoms with Crippen LogP contribution in [0, 0.1) is 17.2 Å². The SMILES string of the molecule is CCS(=O)(=O)N1Cc2ccccc2C[C@H]1C(=O)N(C)C[C@@H](C)C#N. The summed E-state index contributed by atoms with van der Waals surface area (Å²) in [5, 5.41) is 8.93. The van der Waals surface area contributed by atoms with Crippen molar-refractivity contribution in [2.24, 2.45) is 5.92 Å². The predicted molar refractivity (Wildman–Crippen MR) is 91.4 cm³/mol. The second-order valence-corrected chi connectivity index (χ2v) is 8.39. The van der Waals surface area contributed by atoms with Crippen LogP contribution in [0.1, 0.15) is 25.0 Å². The number of fused-ring (bicyclic) bond motifs is 1. The van der Waals surface area contributed by atoms with Gasteiger partial charge in [-0.05, 0) is 31.4 Å². The average Bonchev–Trinajstić information content (AvgIpc) is 2.59. The Balaban J connectivity index is 2.34. The minimum atomic E-state index is -3.50. The van der Waals surface area contributed by atoms with Crippen LogP contribution in [0.4, 0.5) is 0 Å². The van der Waals surface area contributed by atoms with Crippen LogP contribution in [-0.4, -0.2) is 48.9 Å². The first-order valence-electron chi connectivity index (χ1n) is 8.01. The van der Waals surface area contributed by atoms with Gasteiger partial charge in [0.05, 0.1) is 17.7 Å². The molecule has 2 rings (SSSR count). The van der Waals surface area contributed by atoms with E-state index in [1.165, 1.54) is 9.21 Å². The Morgan fingerprint density at radius 1 is 1.42 bits per heavy atom. The molecule has 2 atom stereocenters. The summed E-state index contributed by atoms with van der Waals surface area (Å²) in [5.41, 5.74) is 1.94. The molecule has 24 heavy (non-hydrogen) atoms. The topological polar surface area (TPSA) is 81.5 Å². The van der Waals surface area contributed by atoms with Crippen molar-refractivity contribution < 1.29 is 13.2 Å². The smallest absolute Gasteiger partial charge is 0.241 e. The van der Waals surface area contributed by atoms with Gasteiger partial charge in [-0.3, -0.25) is 4.79 Å². The number of rotatable bonds is 5. The monoisotopic (exact) mass is 349 g/mol. The highest BCUT2D eigenvalue weighted by molar-refractivity contribution is 7.89. The van der Waals surface area contributed by atoms with Crippen molar-refractivity contribution in [1.29, 1.82) is 5.26 Å². The number of carbonyl (C=O) groups excluding carboxylic acids is 1. The Labute approximate surface area is 143 Å². The Kier molecular flexibility index (Phi) is 5.62. The van der Waals surface area contributed by atoms with E-state index in [9.17, 15) is 13.2 Å². The third kappa shape index (κ3) is 3.77. The molecule has 0 bridgehead atoms. The second kappa shape index (κ2) is 7.32. The quantitative estimate of drug-likeness (QED) is 0.804. The van der Waals surface area contributed by atoms with Crippen molar-refractivity contribution in [3.63, 3.8) is 0 Å². The normalized spacial score (nSPS) is 19.2. The van der Waals surface area contributed by atoms with Crippen LogP contribution in [-0.2, 0) is 27.8 Å². The average molecular weight is 349 g/mol. The summed E-state index contributed by atoms with van der Waals surface area (Å²) in [6, 6.07) is 8.95. The van der Waals surface area contributed by atoms with Crippen molar-refractivity contribution in [1.82, 2.24) is 9.21 Å². The van der Waals surface area contributed by atoms with Crippen molar-refractivity contribution in [3.05, 3.63) is 35.4 Å². The lowest BCUT2D eigenvalue weighted by Gasteiger charge is -2.36. The van der Waals surface area contributed by atoms with Gasteiger partial charge >= 0.3 is 0 Å². The number of nitrogens with zero attached hydrogens (tertiary/aromatic N) is 3. The molecule has 0 aliphatic carbocycles. The summed E-state index contributed by atoms with van der Waals surface area (Å²) in [6.45, 7) is 3.82. The summed E-state index contributed by atoms with van der Waals surface area (Å²) in [7, 11) is -1.89. The van der Waals surface area contributed by atoms with Gasteiger partial charge in [-0.15, -0.1) is 0 Å². The Bertz CT molecular complexity index is 755. The minimum absolute atomic E-state index is 0.0444. The number of nitriles is 1. The molecule has 0 fully saturated rings. The lowest BCUT2D eigenvalue weighted by molar-refractivity contribution is -0.134. The fourth-order valence-corrected chi connectivity index (χ4v) is 4.18. The van der Waals surface area contributed by atoms with E-state index >= 15 is 0 Å². The number of hydrogen-bond donors (Lipinski definition) is 0. The maximum absolute atomic E-state index is 12.8. The molecular weight excluding hydrogens is 326 g/mol. The van der Waals surface area contributed by atoms with Gasteiger partial charge in [0.2, 0.25) is 15.9 Å². The molecule has 1 aromatic rings. The number of carbonyl (C=O) groups is 1. The summed E-state index contributed by atoms with van der Waals surface area (Å²) >= 11 is 0. The highest BCUT2D eigenvalue weighted by Gasteiger charge is 2.39. The number of amides is 1. The van der Waals surface area contributed by atoms with E-state index in [1.54, 1.807) is 20.9 Å². The zero-order valence-corrected chi connectivity index (χ0v) is 15.1. The number of sulfonamides is 1. The fourth-order valence-electron chi connectivity index (χ4n) is 2.96. The molecule has 130 valence electrons. The maximum atomic E-state index is 12.8. The first kappa shape index (κ1) is 18.4. The molecular formula is C17H23N3O3S. The van der Waals surface area contributed by atoms with E-state index in [1.807, 2.05) is 24.3 Å². The van der Waals surface area contributed by atoms with Gasteiger partial charge in [-0.2, -0.15) is 9.57 Å². The largest absolute Gasteiger partial charge is 0.343 e. The van der Waals surface area contributed by atoms with Crippen LogP contribution >= 0.6 is 0 Å². The van der Waals surface area contributed by atoms with Gasteiger partial charge in [0.15, 0.2) is 0 Å². The highest BCUT2D eigenvalue weighted by Crippen LogP contribution is 2.27. The first-order chi connectivity index (χ1) is 11.3. The number of hydrogen-bond acceptors (Lipinski definition) is 4. The molecule has 1 heterocycles. The molecule has 0 unspecified atom stereocenters. The number of benzene rings is 1. The molecule has 0 N–H and O–H groups in total. The van der Waals surface area contributed by atoms with Gasteiger partial charge < -0.3 is 4.90 Å². The van der Waals surface area contributed by atoms with E-state index < -0.39 is 16.1 Å². The maximum Gasteiger partial charge on any atom is 0.241 e. The zero-order chi connectivity index (χ0) is 17.9. The van der Waals surface area contributed by atoms with Crippen molar-refractivity contribution >= 4 is 15.9 Å². The molecule has 7 heteroatoms. The standard InChI is InChI=1S/C17H23N3O3S/c1-4-24(22,23)20-12-15-8-6-5-7-14(15)9-16(20)17(21)19(3)11-13(2)10-18/h5-8,13,16H,4,9,11-12H2,1-3H3/t13-,16-/m0/s1. The molecule has 0 aromatic heterocycles. The first-order valence-corrected chi connectivity index (χ1v) is 9.62. The third-order valence-electron chi connectivity index (χ3n) is 4.36. The molecule has 1 amide bonds. The van der Waals surface area contributed by atoms with Crippen molar-refractivity contribution in [2.75, 3.05) is 19.3 Å². The van der Waals surface area contributed by atoms with Crippen LogP contribution in [0.25, 0.3) is 0 Å². The fraction of sp³-hybridized carbons (Fsp3) is 0.529.